The Kier molecular flexibility index (Phi) is 6.77. The Morgan fingerprint density at radius 3 is 2.47 bits per heavy atom. The fourth-order valence-electron chi connectivity index (χ4n) is 2.72. The van der Waals surface area contributed by atoms with Crippen LogP contribution in [0.15, 0.2) is 0 Å². The molecule has 1 fully saturated rings. The normalized spacial score (nSPS) is 24.2. The molecule has 1 aliphatic heterocycles. The Hall–Kier alpha value is -0.130. The zero-order valence-corrected chi connectivity index (χ0v) is 13.7. The second kappa shape index (κ2) is 7.60. The fraction of sp³-hybridized carbons (Fsp3) is 1.00. The van der Waals surface area contributed by atoms with Gasteiger partial charge in [0, 0.05) is 18.6 Å². The molecule has 5 heteroatoms. The van der Waals surface area contributed by atoms with E-state index in [1.165, 1.54) is 0 Å². The summed E-state index contributed by atoms with van der Waals surface area (Å²) >= 11 is 0. The van der Waals surface area contributed by atoms with Crippen LogP contribution >= 0.6 is 0 Å². The molecule has 0 bridgehead atoms. The monoisotopic (exact) mass is 290 g/mol. The van der Waals surface area contributed by atoms with E-state index in [1.807, 2.05) is 0 Å². The Bertz CT molecular complexity index is 354. The van der Waals surface area contributed by atoms with Crippen LogP contribution in [0.1, 0.15) is 40.0 Å². The lowest BCUT2D eigenvalue weighted by atomic mass is 10.1. The molecule has 1 aliphatic rings. The molecule has 4 nitrogen and oxygen atoms in total. The van der Waals surface area contributed by atoms with Crippen LogP contribution in [-0.2, 0) is 9.84 Å². The summed E-state index contributed by atoms with van der Waals surface area (Å²) in [6, 6.07) is 0.657. The molecule has 0 spiro atoms. The Morgan fingerprint density at radius 2 is 2.00 bits per heavy atom. The molecule has 1 heterocycles. The van der Waals surface area contributed by atoms with E-state index in [0.29, 0.717) is 23.5 Å². The molecule has 0 aliphatic carbocycles. The summed E-state index contributed by atoms with van der Waals surface area (Å²) in [7, 11) is -0.699. The maximum absolute atomic E-state index is 11.6. The van der Waals surface area contributed by atoms with Crippen molar-refractivity contribution in [3.63, 3.8) is 0 Å². The summed E-state index contributed by atoms with van der Waals surface area (Å²) in [6.07, 6.45) is 3.05. The van der Waals surface area contributed by atoms with Gasteiger partial charge in [0.25, 0.3) is 0 Å². The zero-order chi connectivity index (χ0) is 14.5. The van der Waals surface area contributed by atoms with E-state index in [0.717, 1.165) is 32.4 Å². The van der Waals surface area contributed by atoms with Crippen LogP contribution in [-0.4, -0.2) is 57.0 Å². The van der Waals surface area contributed by atoms with E-state index >= 15 is 0 Å². The average Bonchev–Trinajstić information content (AvgIpc) is 2.67. The molecule has 0 saturated carbocycles. The van der Waals surface area contributed by atoms with Crippen LogP contribution in [0.4, 0.5) is 0 Å². The van der Waals surface area contributed by atoms with Crippen LogP contribution in [0.2, 0.25) is 0 Å². The molecule has 1 N–H and O–H groups in total. The number of nitrogens with zero attached hydrogens (tertiary/aromatic N) is 1. The van der Waals surface area contributed by atoms with Crippen molar-refractivity contribution in [2.45, 2.75) is 52.1 Å². The first kappa shape index (κ1) is 16.9. The number of hydrogen-bond donors (Lipinski definition) is 1. The molecule has 2 atom stereocenters. The Labute approximate surface area is 118 Å². The summed E-state index contributed by atoms with van der Waals surface area (Å²) in [5.41, 5.74) is 0. The highest BCUT2D eigenvalue weighted by Crippen LogP contribution is 2.20. The van der Waals surface area contributed by atoms with Gasteiger partial charge in [-0.15, -0.1) is 0 Å². The first-order valence-electron chi connectivity index (χ1n) is 7.48. The van der Waals surface area contributed by atoms with Crippen LogP contribution in [0.5, 0.6) is 0 Å². The van der Waals surface area contributed by atoms with Crippen molar-refractivity contribution in [1.82, 2.24) is 10.2 Å². The van der Waals surface area contributed by atoms with Gasteiger partial charge in [0.1, 0.15) is 0 Å². The molecule has 1 saturated heterocycles. The third kappa shape index (κ3) is 5.79. The minimum atomic E-state index is -2.78. The minimum absolute atomic E-state index is 0.211. The van der Waals surface area contributed by atoms with Gasteiger partial charge >= 0.3 is 0 Å². The second-order valence-corrected chi connectivity index (χ2v) is 8.45. The molecule has 2 unspecified atom stereocenters. The van der Waals surface area contributed by atoms with Crippen molar-refractivity contribution in [2.75, 3.05) is 31.6 Å². The predicted octanol–water partition coefficient (Wildman–Crippen LogP) is 1.52. The van der Waals surface area contributed by atoms with Crippen LogP contribution in [0.3, 0.4) is 0 Å². The lowest BCUT2D eigenvalue weighted by Crippen LogP contribution is -2.46. The Balaban J connectivity index is 2.50. The first-order chi connectivity index (χ1) is 8.85. The quantitative estimate of drug-likeness (QED) is 0.736. The second-order valence-electron chi connectivity index (χ2n) is 6.22. The van der Waals surface area contributed by atoms with Crippen molar-refractivity contribution in [3.8, 4) is 0 Å². The molecular formula is C14H30N2O2S. The van der Waals surface area contributed by atoms with Gasteiger partial charge in [0.2, 0.25) is 0 Å². The summed E-state index contributed by atoms with van der Waals surface area (Å²) in [5, 5.41) is 3.50. The third-order valence-corrected chi connectivity index (χ3v) is 5.67. The van der Waals surface area contributed by atoms with Crippen LogP contribution < -0.4 is 5.32 Å². The SMILES string of the molecule is CCCC(CNCC(C)C)N(C)C1CCS(=O)(=O)C1. The Morgan fingerprint density at radius 1 is 1.32 bits per heavy atom. The van der Waals surface area contributed by atoms with Crippen molar-refractivity contribution >= 4 is 9.84 Å². The molecule has 1 rings (SSSR count). The number of likely N-dealkylation sites (N-methyl/N-ethyl adjacent to an activating group) is 1. The summed E-state index contributed by atoms with van der Waals surface area (Å²) < 4.78 is 23.2. The summed E-state index contributed by atoms with van der Waals surface area (Å²) in [4.78, 5) is 2.29. The van der Waals surface area contributed by atoms with E-state index in [2.05, 4.69) is 38.0 Å². The first-order valence-corrected chi connectivity index (χ1v) is 9.31. The van der Waals surface area contributed by atoms with E-state index in [1.54, 1.807) is 0 Å². The van der Waals surface area contributed by atoms with Gasteiger partial charge in [-0.2, -0.15) is 0 Å². The number of hydrogen-bond acceptors (Lipinski definition) is 4. The molecule has 0 amide bonds. The maximum atomic E-state index is 11.6. The van der Waals surface area contributed by atoms with Crippen LogP contribution in [0, 0.1) is 5.92 Å². The summed E-state index contributed by atoms with van der Waals surface area (Å²) in [5.74, 6) is 1.35. The van der Waals surface area contributed by atoms with E-state index < -0.39 is 9.84 Å². The smallest absolute Gasteiger partial charge is 0.151 e. The number of nitrogens with one attached hydrogen (secondary N) is 1. The molecule has 0 radical (unpaired) electrons. The number of rotatable bonds is 8. The lowest BCUT2D eigenvalue weighted by molar-refractivity contribution is 0.172. The van der Waals surface area contributed by atoms with Gasteiger partial charge < -0.3 is 5.32 Å². The zero-order valence-electron chi connectivity index (χ0n) is 12.9. The highest BCUT2D eigenvalue weighted by atomic mass is 32.2. The molecule has 114 valence electrons. The predicted molar refractivity (Wildman–Crippen MR) is 81.2 cm³/mol. The van der Waals surface area contributed by atoms with Crippen molar-refractivity contribution in [3.05, 3.63) is 0 Å². The molecular weight excluding hydrogens is 260 g/mol. The number of sulfone groups is 1. The minimum Gasteiger partial charge on any atom is -0.315 e. The topological polar surface area (TPSA) is 49.4 Å². The van der Waals surface area contributed by atoms with Gasteiger partial charge in [-0.1, -0.05) is 27.2 Å². The molecule has 0 aromatic heterocycles. The lowest BCUT2D eigenvalue weighted by Gasteiger charge is -2.33. The van der Waals surface area contributed by atoms with Gasteiger partial charge in [-0.3, -0.25) is 4.90 Å². The maximum Gasteiger partial charge on any atom is 0.151 e. The van der Waals surface area contributed by atoms with Crippen molar-refractivity contribution in [2.24, 2.45) is 5.92 Å². The molecule has 0 aromatic rings. The van der Waals surface area contributed by atoms with E-state index in [9.17, 15) is 8.42 Å². The van der Waals surface area contributed by atoms with Gasteiger partial charge in [0.05, 0.1) is 11.5 Å². The van der Waals surface area contributed by atoms with Gasteiger partial charge in [0.15, 0.2) is 9.84 Å². The average molecular weight is 290 g/mol. The van der Waals surface area contributed by atoms with E-state index in [4.69, 9.17) is 0 Å². The van der Waals surface area contributed by atoms with Gasteiger partial charge in [-0.25, -0.2) is 8.42 Å². The summed E-state index contributed by atoms with van der Waals surface area (Å²) in [6.45, 7) is 8.58. The highest BCUT2D eigenvalue weighted by Gasteiger charge is 2.33. The van der Waals surface area contributed by atoms with Gasteiger partial charge in [-0.05, 0) is 32.4 Å². The largest absolute Gasteiger partial charge is 0.315 e. The highest BCUT2D eigenvalue weighted by molar-refractivity contribution is 7.91. The van der Waals surface area contributed by atoms with E-state index in [-0.39, 0.29) is 6.04 Å². The molecule has 19 heavy (non-hydrogen) atoms. The van der Waals surface area contributed by atoms with Crippen molar-refractivity contribution in [1.29, 1.82) is 0 Å². The van der Waals surface area contributed by atoms with Crippen molar-refractivity contribution < 1.29 is 8.42 Å². The molecule has 0 aromatic carbocycles. The van der Waals surface area contributed by atoms with Crippen LogP contribution in [0.25, 0.3) is 0 Å². The standard InChI is InChI=1S/C14H30N2O2S/c1-5-6-13(10-15-9-12(2)3)16(4)14-7-8-19(17,18)11-14/h12-15H,5-11H2,1-4H3. The fourth-order valence-corrected chi connectivity index (χ4v) is 4.50. The third-order valence-electron chi connectivity index (χ3n) is 3.91.